The van der Waals surface area contributed by atoms with Gasteiger partial charge in [0.1, 0.15) is 0 Å². The van der Waals surface area contributed by atoms with Crippen molar-refractivity contribution < 1.29 is 13.2 Å². The summed E-state index contributed by atoms with van der Waals surface area (Å²) in [4.78, 5) is 16.3. The van der Waals surface area contributed by atoms with Crippen LogP contribution in [0.3, 0.4) is 0 Å². The van der Waals surface area contributed by atoms with Gasteiger partial charge < -0.3 is 5.32 Å². The lowest BCUT2D eigenvalue weighted by molar-refractivity contribution is -0.116. The lowest BCUT2D eigenvalue weighted by atomic mass is 10.2. The second-order valence-corrected chi connectivity index (χ2v) is 8.48. The van der Waals surface area contributed by atoms with Gasteiger partial charge in [-0.15, -0.1) is 0 Å². The van der Waals surface area contributed by atoms with Gasteiger partial charge in [0.2, 0.25) is 5.91 Å². The molecule has 0 aliphatic carbocycles. The van der Waals surface area contributed by atoms with Gasteiger partial charge in [-0.1, -0.05) is 42.9 Å². The molecular weight excluding hydrogens is 370 g/mol. The number of amides is 1. The van der Waals surface area contributed by atoms with Crippen LogP contribution in [0.25, 0.3) is 10.2 Å². The van der Waals surface area contributed by atoms with Crippen LogP contribution in [0.5, 0.6) is 0 Å². The van der Waals surface area contributed by atoms with Gasteiger partial charge in [-0.05, 0) is 36.8 Å². The number of nitrogens with one attached hydrogen (secondary N) is 2. The minimum Gasteiger partial charge on any atom is -0.326 e. The van der Waals surface area contributed by atoms with E-state index in [-0.39, 0.29) is 10.8 Å². The summed E-state index contributed by atoms with van der Waals surface area (Å²) in [5.41, 5.74) is 1.35. The fraction of sp³-hybridized carbons (Fsp3) is 0.222. The molecule has 0 aliphatic heterocycles. The molecule has 136 valence electrons. The number of aromatic nitrogens is 1. The number of carbonyl (C=O) groups excluding carboxylic acids is 1. The highest BCUT2D eigenvalue weighted by atomic mass is 32.2. The molecule has 0 spiro atoms. The predicted molar refractivity (Wildman–Crippen MR) is 105 cm³/mol. The van der Waals surface area contributed by atoms with E-state index in [1.54, 1.807) is 36.4 Å². The van der Waals surface area contributed by atoms with Crippen molar-refractivity contribution >= 4 is 48.3 Å². The molecule has 0 radical (unpaired) electrons. The molecule has 26 heavy (non-hydrogen) atoms. The molecule has 0 saturated heterocycles. The first-order valence-electron chi connectivity index (χ1n) is 8.26. The monoisotopic (exact) mass is 389 g/mol. The van der Waals surface area contributed by atoms with E-state index in [1.165, 1.54) is 23.5 Å². The summed E-state index contributed by atoms with van der Waals surface area (Å²) in [6, 6.07) is 13.5. The fourth-order valence-corrected chi connectivity index (χ4v) is 4.54. The molecule has 0 unspecified atom stereocenters. The van der Waals surface area contributed by atoms with Crippen molar-refractivity contribution in [1.29, 1.82) is 0 Å². The third-order valence-corrected chi connectivity index (χ3v) is 6.12. The molecular formula is C18H19N3O3S2. The Hall–Kier alpha value is -2.45. The zero-order valence-corrected chi connectivity index (χ0v) is 15.9. The molecule has 6 nitrogen and oxygen atoms in total. The normalized spacial score (nSPS) is 11.4. The molecule has 3 rings (SSSR count). The van der Waals surface area contributed by atoms with Crippen LogP contribution in [-0.2, 0) is 14.8 Å². The Bertz CT molecular complexity index is 1010. The number of carbonyl (C=O) groups is 1. The minimum absolute atomic E-state index is 0.0271. The molecule has 0 bridgehead atoms. The molecule has 0 saturated carbocycles. The summed E-state index contributed by atoms with van der Waals surface area (Å²) in [5, 5.41) is 3.14. The summed E-state index contributed by atoms with van der Waals surface area (Å²) in [7, 11) is -3.67. The van der Waals surface area contributed by atoms with E-state index in [4.69, 9.17) is 0 Å². The molecule has 3 aromatic rings. The lowest BCUT2D eigenvalue weighted by Gasteiger charge is -2.04. The van der Waals surface area contributed by atoms with Crippen LogP contribution in [0.4, 0.5) is 10.8 Å². The van der Waals surface area contributed by atoms with Gasteiger partial charge in [0.05, 0.1) is 15.1 Å². The zero-order chi connectivity index (χ0) is 18.6. The van der Waals surface area contributed by atoms with Crippen LogP contribution in [0, 0.1) is 0 Å². The van der Waals surface area contributed by atoms with E-state index in [0.29, 0.717) is 22.8 Å². The number of fused-ring (bicyclic) bond motifs is 1. The van der Waals surface area contributed by atoms with E-state index in [2.05, 4.69) is 15.0 Å². The van der Waals surface area contributed by atoms with E-state index < -0.39 is 10.0 Å². The van der Waals surface area contributed by atoms with Crippen molar-refractivity contribution in [2.24, 2.45) is 0 Å². The van der Waals surface area contributed by atoms with Gasteiger partial charge in [-0.2, -0.15) is 0 Å². The van der Waals surface area contributed by atoms with E-state index in [0.717, 1.165) is 17.5 Å². The molecule has 1 aromatic heterocycles. The molecule has 8 heteroatoms. The number of benzene rings is 2. The quantitative estimate of drug-likeness (QED) is 0.633. The van der Waals surface area contributed by atoms with Crippen LogP contribution < -0.4 is 10.0 Å². The zero-order valence-electron chi connectivity index (χ0n) is 14.2. The molecule has 2 N–H and O–H groups in total. The van der Waals surface area contributed by atoms with Gasteiger partial charge in [-0.3, -0.25) is 9.52 Å². The van der Waals surface area contributed by atoms with Crippen molar-refractivity contribution in [2.45, 2.75) is 31.1 Å². The van der Waals surface area contributed by atoms with Crippen molar-refractivity contribution in [3.8, 4) is 0 Å². The van der Waals surface area contributed by atoms with E-state index >= 15 is 0 Å². The number of nitrogens with zero attached hydrogens (tertiary/aromatic N) is 1. The first-order valence-corrected chi connectivity index (χ1v) is 10.6. The maximum absolute atomic E-state index is 12.4. The Morgan fingerprint density at radius 3 is 2.65 bits per heavy atom. The molecule has 1 heterocycles. The van der Waals surface area contributed by atoms with Crippen molar-refractivity contribution in [1.82, 2.24) is 4.98 Å². The second-order valence-electron chi connectivity index (χ2n) is 5.77. The average molecular weight is 390 g/mol. The Labute approximate surface area is 156 Å². The third-order valence-electron chi connectivity index (χ3n) is 3.70. The number of unbranched alkanes of at least 4 members (excludes halogenated alkanes) is 1. The Balaban J connectivity index is 1.78. The highest BCUT2D eigenvalue weighted by Gasteiger charge is 2.16. The molecule has 1 amide bonds. The smallest absolute Gasteiger partial charge is 0.263 e. The van der Waals surface area contributed by atoms with Gasteiger partial charge in [-0.25, -0.2) is 13.4 Å². The van der Waals surface area contributed by atoms with Gasteiger partial charge in [0.25, 0.3) is 10.0 Å². The molecule has 2 aromatic carbocycles. The molecule has 0 atom stereocenters. The fourth-order valence-electron chi connectivity index (χ4n) is 2.38. The van der Waals surface area contributed by atoms with Crippen LogP contribution >= 0.6 is 11.3 Å². The lowest BCUT2D eigenvalue weighted by Crippen LogP contribution is -2.12. The SMILES string of the molecule is CCCCC(=O)Nc1ccc2nc(NS(=O)(=O)c3ccccc3)sc2c1. The summed E-state index contributed by atoms with van der Waals surface area (Å²) in [6.07, 6.45) is 2.30. The highest BCUT2D eigenvalue weighted by Crippen LogP contribution is 2.30. The topological polar surface area (TPSA) is 88.2 Å². The first kappa shape index (κ1) is 18.3. The maximum atomic E-state index is 12.4. The van der Waals surface area contributed by atoms with Gasteiger partial charge in [0, 0.05) is 12.1 Å². The third kappa shape index (κ3) is 4.39. The van der Waals surface area contributed by atoms with Gasteiger partial charge >= 0.3 is 0 Å². The van der Waals surface area contributed by atoms with E-state index in [1.807, 2.05) is 6.92 Å². The Kier molecular flexibility index (Phi) is 5.53. The number of rotatable bonds is 7. The van der Waals surface area contributed by atoms with Crippen LogP contribution in [0.15, 0.2) is 53.4 Å². The number of anilines is 2. The minimum atomic E-state index is -3.67. The maximum Gasteiger partial charge on any atom is 0.263 e. The largest absolute Gasteiger partial charge is 0.326 e. The Morgan fingerprint density at radius 2 is 1.92 bits per heavy atom. The summed E-state index contributed by atoms with van der Waals surface area (Å²) in [6.45, 7) is 2.04. The van der Waals surface area contributed by atoms with Crippen LogP contribution in [-0.4, -0.2) is 19.3 Å². The first-order chi connectivity index (χ1) is 12.5. The molecule has 0 fully saturated rings. The van der Waals surface area contributed by atoms with Crippen molar-refractivity contribution in [3.05, 3.63) is 48.5 Å². The van der Waals surface area contributed by atoms with Crippen molar-refractivity contribution in [2.75, 3.05) is 10.0 Å². The van der Waals surface area contributed by atoms with E-state index in [9.17, 15) is 13.2 Å². The number of thiazole rings is 1. The standard InChI is InChI=1S/C18H19N3O3S2/c1-2-3-9-17(22)19-13-10-11-15-16(12-13)25-18(20-15)21-26(23,24)14-7-5-4-6-8-14/h4-8,10-12H,2-3,9H2,1H3,(H,19,22)(H,20,21). The second kappa shape index (κ2) is 7.84. The molecule has 0 aliphatic rings. The number of hydrogen-bond donors (Lipinski definition) is 2. The summed E-state index contributed by atoms with van der Waals surface area (Å²) < 4.78 is 28.1. The van der Waals surface area contributed by atoms with Crippen LogP contribution in [0.1, 0.15) is 26.2 Å². The summed E-state index contributed by atoms with van der Waals surface area (Å²) in [5.74, 6) is -0.0271. The average Bonchev–Trinajstić information content (AvgIpc) is 3.01. The number of sulfonamides is 1. The Morgan fingerprint density at radius 1 is 1.15 bits per heavy atom. The number of hydrogen-bond acceptors (Lipinski definition) is 5. The highest BCUT2D eigenvalue weighted by molar-refractivity contribution is 7.93. The van der Waals surface area contributed by atoms with Crippen molar-refractivity contribution in [3.63, 3.8) is 0 Å². The van der Waals surface area contributed by atoms with Gasteiger partial charge in [0.15, 0.2) is 5.13 Å². The predicted octanol–water partition coefficient (Wildman–Crippen LogP) is 4.23. The van der Waals surface area contributed by atoms with Crippen LogP contribution in [0.2, 0.25) is 0 Å². The summed E-state index contributed by atoms with van der Waals surface area (Å²) >= 11 is 1.23.